The molecular formula is C16H16FNO3. The van der Waals surface area contributed by atoms with Crippen LogP contribution in [0, 0.1) is 5.82 Å². The number of hydrogen-bond donors (Lipinski definition) is 1. The van der Waals surface area contributed by atoms with Crippen LogP contribution >= 0.6 is 0 Å². The van der Waals surface area contributed by atoms with Crippen molar-refractivity contribution in [1.29, 1.82) is 0 Å². The Balaban J connectivity index is 2.06. The fourth-order valence-corrected chi connectivity index (χ4v) is 1.76. The number of oxime groups is 1. The van der Waals surface area contributed by atoms with E-state index in [1.165, 1.54) is 19.2 Å². The molecular weight excluding hydrogens is 273 g/mol. The maximum Gasteiger partial charge on any atom is 0.134 e. The van der Waals surface area contributed by atoms with Gasteiger partial charge >= 0.3 is 0 Å². The van der Waals surface area contributed by atoms with E-state index in [1.807, 2.05) is 0 Å². The minimum Gasteiger partial charge on any atom is -0.487 e. The standard InChI is InChI=1S/C16H16FNO3/c1-20-18-16(13-4-6-14(17)7-5-13)11-21-15-8-2-12(10-19)3-9-15/h2-9,19H,10-11H2,1H3/b18-16-. The third kappa shape index (κ3) is 4.29. The van der Waals surface area contributed by atoms with Crippen LogP contribution in [0.3, 0.4) is 0 Å². The van der Waals surface area contributed by atoms with Gasteiger partial charge in [0.15, 0.2) is 0 Å². The van der Waals surface area contributed by atoms with E-state index in [9.17, 15) is 4.39 Å². The van der Waals surface area contributed by atoms with Gasteiger partial charge in [-0.25, -0.2) is 4.39 Å². The number of hydrogen-bond acceptors (Lipinski definition) is 4. The number of aliphatic hydroxyl groups excluding tert-OH is 1. The summed E-state index contributed by atoms with van der Waals surface area (Å²) < 4.78 is 18.6. The Labute approximate surface area is 122 Å². The molecule has 0 atom stereocenters. The maximum absolute atomic E-state index is 12.9. The van der Waals surface area contributed by atoms with Crippen LogP contribution in [0.2, 0.25) is 0 Å². The topological polar surface area (TPSA) is 51.0 Å². The number of rotatable bonds is 6. The average molecular weight is 289 g/mol. The van der Waals surface area contributed by atoms with Crippen LogP contribution in [-0.2, 0) is 11.4 Å². The minimum atomic E-state index is -0.309. The van der Waals surface area contributed by atoms with Crippen molar-refractivity contribution in [2.75, 3.05) is 13.7 Å². The first-order chi connectivity index (χ1) is 10.2. The second kappa shape index (κ2) is 7.40. The third-order valence-electron chi connectivity index (χ3n) is 2.86. The average Bonchev–Trinajstić information content (AvgIpc) is 2.53. The van der Waals surface area contributed by atoms with Crippen LogP contribution in [0.5, 0.6) is 5.75 Å². The van der Waals surface area contributed by atoms with E-state index < -0.39 is 0 Å². The van der Waals surface area contributed by atoms with E-state index in [0.29, 0.717) is 11.5 Å². The highest BCUT2D eigenvalue weighted by Gasteiger charge is 2.06. The molecule has 21 heavy (non-hydrogen) atoms. The summed E-state index contributed by atoms with van der Waals surface area (Å²) >= 11 is 0. The summed E-state index contributed by atoms with van der Waals surface area (Å²) in [5, 5.41) is 12.9. The zero-order valence-electron chi connectivity index (χ0n) is 11.6. The lowest BCUT2D eigenvalue weighted by molar-refractivity contribution is 0.210. The van der Waals surface area contributed by atoms with E-state index in [4.69, 9.17) is 14.7 Å². The molecule has 0 heterocycles. The fraction of sp³-hybridized carbons (Fsp3) is 0.188. The van der Waals surface area contributed by atoms with Gasteiger partial charge in [-0.05, 0) is 42.0 Å². The molecule has 4 nitrogen and oxygen atoms in total. The molecule has 2 rings (SSSR count). The Morgan fingerprint density at radius 3 is 2.33 bits per heavy atom. The monoisotopic (exact) mass is 289 g/mol. The van der Waals surface area contributed by atoms with Crippen molar-refractivity contribution in [1.82, 2.24) is 0 Å². The summed E-state index contributed by atoms with van der Waals surface area (Å²) in [7, 11) is 1.44. The lowest BCUT2D eigenvalue weighted by Crippen LogP contribution is -2.13. The second-order valence-corrected chi connectivity index (χ2v) is 4.32. The summed E-state index contributed by atoms with van der Waals surface area (Å²) in [4.78, 5) is 4.79. The van der Waals surface area contributed by atoms with Crippen molar-refractivity contribution in [2.24, 2.45) is 5.16 Å². The Hall–Kier alpha value is -2.40. The molecule has 0 radical (unpaired) electrons. The fourth-order valence-electron chi connectivity index (χ4n) is 1.76. The summed E-state index contributed by atoms with van der Waals surface area (Å²) in [6, 6.07) is 13.0. The van der Waals surface area contributed by atoms with Crippen LogP contribution in [0.25, 0.3) is 0 Å². The smallest absolute Gasteiger partial charge is 0.134 e. The molecule has 110 valence electrons. The van der Waals surface area contributed by atoms with Crippen molar-refractivity contribution in [3.8, 4) is 5.75 Å². The van der Waals surface area contributed by atoms with Gasteiger partial charge in [-0.15, -0.1) is 0 Å². The summed E-state index contributed by atoms with van der Waals surface area (Å²) in [5.41, 5.74) is 2.10. The van der Waals surface area contributed by atoms with E-state index in [0.717, 1.165) is 11.1 Å². The van der Waals surface area contributed by atoms with Gasteiger partial charge in [0.05, 0.1) is 6.61 Å². The zero-order valence-corrected chi connectivity index (χ0v) is 11.6. The van der Waals surface area contributed by atoms with Gasteiger partial charge in [0, 0.05) is 5.56 Å². The summed E-state index contributed by atoms with van der Waals surface area (Å²) in [6.07, 6.45) is 0. The van der Waals surface area contributed by atoms with Crippen molar-refractivity contribution in [2.45, 2.75) is 6.61 Å². The number of nitrogens with zero attached hydrogens (tertiary/aromatic N) is 1. The van der Waals surface area contributed by atoms with Gasteiger partial charge in [0.2, 0.25) is 0 Å². The lowest BCUT2D eigenvalue weighted by Gasteiger charge is -2.09. The highest BCUT2D eigenvalue weighted by Crippen LogP contribution is 2.13. The molecule has 0 unspecified atom stereocenters. The molecule has 0 saturated carbocycles. The molecule has 1 N–H and O–H groups in total. The quantitative estimate of drug-likeness (QED) is 0.657. The van der Waals surface area contributed by atoms with Gasteiger partial charge in [0.1, 0.15) is 31.0 Å². The third-order valence-corrected chi connectivity index (χ3v) is 2.86. The molecule has 0 fully saturated rings. The number of aliphatic hydroxyl groups is 1. The van der Waals surface area contributed by atoms with Crippen LogP contribution in [0.4, 0.5) is 4.39 Å². The van der Waals surface area contributed by atoms with Gasteiger partial charge in [0.25, 0.3) is 0 Å². The number of halogens is 1. The zero-order chi connectivity index (χ0) is 15.1. The highest BCUT2D eigenvalue weighted by molar-refractivity contribution is 6.01. The first kappa shape index (κ1) is 15.0. The van der Waals surface area contributed by atoms with Gasteiger partial charge in [-0.3, -0.25) is 0 Å². The van der Waals surface area contributed by atoms with E-state index in [-0.39, 0.29) is 19.0 Å². The predicted octanol–water partition coefficient (Wildman–Crippen LogP) is 2.75. The number of benzene rings is 2. The molecule has 0 aliphatic rings. The Bertz CT molecular complexity index is 594. The summed E-state index contributed by atoms with van der Waals surface area (Å²) in [5.74, 6) is 0.342. The first-order valence-corrected chi connectivity index (χ1v) is 6.41. The van der Waals surface area contributed by atoms with Crippen LogP contribution in [0.15, 0.2) is 53.7 Å². The van der Waals surface area contributed by atoms with Crippen LogP contribution in [0.1, 0.15) is 11.1 Å². The van der Waals surface area contributed by atoms with E-state index >= 15 is 0 Å². The Kier molecular flexibility index (Phi) is 5.29. The molecule has 2 aromatic carbocycles. The summed E-state index contributed by atoms with van der Waals surface area (Å²) in [6.45, 7) is 0.185. The molecule has 5 heteroatoms. The minimum absolute atomic E-state index is 0.00770. The molecule has 0 aliphatic heterocycles. The van der Waals surface area contributed by atoms with Crippen molar-refractivity contribution in [3.05, 3.63) is 65.5 Å². The first-order valence-electron chi connectivity index (χ1n) is 6.41. The molecule has 0 aromatic heterocycles. The van der Waals surface area contributed by atoms with Gasteiger partial charge in [-0.1, -0.05) is 17.3 Å². The highest BCUT2D eigenvalue weighted by atomic mass is 19.1. The second-order valence-electron chi connectivity index (χ2n) is 4.32. The van der Waals surface area contributed by atoms with Gasteiger partial charge in [-0.2, -0.15) is 0 Å². The predicted molar refractivity (Wildman–Crippen MR) is 77.8 cm³/mol. The van der Waals surface area contributed by atoms with E-state index in [1.54, 1.807) is 36.4 Å². The van der Waals surface area contributed by atoms with E-state index in [2.05, 4.69) is 5.16 Å². The lowest BCUT2D eigenvalue weighted by atomic mass is 10.1. The molecule has 0 bridgehead atoms. The largest absolute Gasteiger partial charge is 0.487 e. The molecule has 0 spiro atoms. The van der Waals surface area contributed by atoms with Crippen LogP contribution < -0.4 is 4.74 Å². The Morgan fingerprint density at radius 2 is 1.76 bits per heavy atom. The van der Waals surface area contributed by atoms with Crippen LogP contribution in [-0.4, -0.2) is 24.5 Å². The van der Waals surface area contributed by atoms with Crippen molar-refractivity contribution < 1.29 is 19.1 Å². The number of ether oxygens (including phenoxy) is 1. The normalized spacial score (nSPS) is 11.3. The maximum atomic E-state index is 12.9. The van der Waals surface area contributed by atoms with Crippen molar-refractivity contribution >= 4 is 5.71 Å². The SMILES string of the molecule is CO/N=C(/COc1ccc(CO)cc1)c1ccc(F)cc1. The van der Waals surface area contributed by atoms with Crippen molar-refractivity contribution in [3.63, 3.8) is 0 Å². The molecule has 0 aliphatic carbocycles. The molecule has 0 amide bonds. The molecule has 0 saturated heterocycles. The Morgan fingerprint density at radius 1 is 1.10 bits per heavy atom. The van der Waals surface area contributed by atoms with Gasteiger partial charge < -0.3 is 14.7 Å². The molecule has 2 aromatic rings.